The minimum absolute atomic E-state index is 0.0186. The first-order valence-corrected chi connectivity index (χ1v) is 8.19. The van der Waals surface area contributed by atoms with Gasteiger partial charge in [-0.05, 0) is 42.3 Å². The van der Waals surface area contributed by atoms with Crippen LogP contribution in [0.15, 0.2) is 42.5 Å². The summed E-state index contributed by atoms with van der Waals surface area (Å²) >= 11 is 17.9. The molecule has 23 heavy (non-hydrogen) atoms. The lowest BCUT2D eigenvalue weighted by Gasteiger charge is -2.12. The van der Waals surface area contributed by atoms with Crippen LogP contribution >= 0.6 is 34.8 Å². The van der Waals surface area contributed by atoms with Crippen LogP contribution in [0.25, 0.3) is 0 Å². The van der Waals surface area contributed by atoms with Crippen molar-refractivity contribution >= 4 is 46.4 Å². The van der Waals surface area contributed by atoms with E-state index < -0.39 is 0 Å². The maximum absolute atomic E-state index is 12.4. The lowest BCUT2D eigenvalue weighted by molar-refractivity contribution is -0.117. The summed E-state index contributed by atoms with van der Waals surface area (Å²) in [6.45, 7) is 0. The van der Waals surface area contributed by atoms with Gasteiger partial charge in [-0.3, -0.25) is 4.79 Å². The summed E-state index contributed by atoms with van der Waals surface area (Å²) in [5, 5.41) is 4.40. The molecule has 0 aromatic heterocycles. The van der Waals surface area contributed by atoms with E-state index in [2.05, 4.69) is 16.2 Å². The van der Waals surface area contributed by atoms with Crippen LogP contribution in [0, 0.1) is 0 Å². The topological polar surface area (TPSA) is 53.2 Å². The van der Waals surface area contributed by atoms with Crippen molar-refractivity contribution in [2.45, 2.75) is 18.5 Å². The van der Waals surface area contributed by atoms with E-state index in [4.69, 9.17) is 34.8 Å². The van der Waals surface area contributed by atoms with Crippen LogP contribution in [0.2, 0.25) is 15.1 Å². The van der Waals surface area contributed by atoms with Gasteiger partial charge < -0.3 is 5.32 Å². The van der Waals surface area contributed by atoms with E-state index in [-0.39, 0.29) is 18.0 Å². The van der Waals surface area contributed by atoms with Gasteiger partial charge in [-0.1, -0.05) is 46.9 Å². The molecular weight excluding hydrogens is 357 g/mol. The monoisotopic (exact) mass is 369 g/mol. The Kier molecular flexibility index (Phi) is 5.09. The number of carbonyl (C=O) groups excluding carboxylic acids is 1. The Labute approximate surface area is 149 Å². The summed E-state index contributed by atoms with van der Waals surface area (Å²) in [4.78, 5) is 12.4. The average molecular weight is 371 g/mol. The van der Waals surface area contributed by atoms with E-state index in [0.29, 0.717) is 27.2 Å². The molecule has 1 aliphatic heterocycles. The minimum Gasteiger partial charge on any atom is -0.323 e. The number of benzene rings is 2. The van der Waals surface area contributed by atoms with Gasteiger partial charge in [0.1, 0.15) is 6.04 Å². The second kappa shape index (κ2) is 7.07. The van der Waals surface area contributed by atoms with Crippen LogP contribution < -0.4 is 16.2 Å². The Hall–Kier alpha value is -1.30. The normalized spacial score (nSPS) is 20.5. The van der Waals surface area contributed by atoms with Crippen LogP contribution in [0.5, 0.6) is 0 Å². The minimum atomic E-state index is -0.370. The van der Waals surface area contributed by atoms with Gasteiger partial charge in [0.05, 0.1) is 10.7 Å². The third-order valence-corrected chi connectivity index (χ3v) is 4.44. The van der Waals surface area contributed by atoms with Crippen LogP contribution in [0.3, 0.4) is 0 Å². The van der Waals surface area contributed by atoms with Crippen LogP contribution in [-0.4, -0.2) is 11.9 Å². The number of halogens is 3. The fourth-order valence-electron chi connectivity index (χ4n) is 2.48. The van der Waals surface area contributed by atoms with E-state index in [0.717, 1.165) is 5.56 Å². The fourth-order valence-corrected chi connectivity index (χ4v) is 3.14. The highest BCUT2D eigenvalue weighted by molar-refractivity contribution is 6.36. The van der Waals surface area contributed by atoms with E-state index in [9.17, 15) is 4.79 Å². The molecule has 120 valence electrons. The molecule has 2 aromatic rings. The molecule has 0 aliphatic carbocycles. The molecule has 2 aromatic carbocycles. The molecule has 2 unspecified atom stereocenters. The Morgan fingerprint density at radius 2 is 1.83 bits per heavy atom. The van der Waals surface area contributed by atoms with Gasteiger partial charge in [0, 0.05) is 16.1 Å². The van der Waals surface area contributed by atoms with E-state index in [1.54, 1.807) is 18.2 Å². The third kappa shape index (κ3) is 3.97. The Morgan fingerprint density at radius 3 is 2.57 bits per heavy atom. The van der Waals surface area contributed by atoms with Crippen LogP contribution in [-0.2, 0) is 4.79 Å². The zero-order valence-corrected chi connectivity index (χ0v) is 14.2. The summed E-state index contributed by atoms with van der Waals surface area (Å²) in [7, 11) is 0. The van der Waals surface area contributed by atoms with E-state index in [1.165, 1.54) is 0 Å². The van der Waals surface area contributed by atoms with Gasteiger partial charge in [0.25, 0.3) is 0 Å². The highest BCUT2D eigenvalue weighted by atomic mass is 35.5. The van der Waals surface area contributed by atoms with Crippen molar-refractivity contribution in [3.05, 3.63) is 63.1 Å². The number of hydrazine groups is 1. The molecule has 3 N–H and O–H groups in total. The van der Waals surface area contributed by atoms with Crippen molar-refractivity contribution in [1.82, 2.24) is 10.9 Å². The predicted octanol–water partition coefficient (Wildman–Crippen LogP) is 4.19. The fraction of sp³-hybridized carbons (Fsp3) is 0.188. The lowest BCUT2D eigenvalue weighted by atomic mass is 10.0. The molecule has 0 radical (unpaired) electrons. The largest absolute Gasteiger partial charge is 0.323 e. The second-order valence-corrected chi connectivity index (χ2v) is 6.58. The quantitative estimate of drug-likeness (QED) is 0.759. The lowest BCUT2D eigenvalue weighted by Crippen LogP contribution is -2.39. The summed E-state index contributed by atoms with van der Waals surface area (Å²) in [5.74, 6) is -0.161. The maximum atomic E-state index is 12.4. The number of nitrogens with one attached hydrogen (secondary N) is 3. The van der Waals surface area contributed by atoms with Crippen LogP contribution in [0.1, 0.15) is 18.0 Å². The van der Waals surface area contributed by atoms with Gasteiger partial charge in [-0.15, -0.1) is 0 Å². The molecule has 1 heterocycles. The van der Waals surface area contributed by atoms with Crippen LogP contribution in [0.4, 0.5) is 5.69 Å². The smallest absolute Gasteiger partial charge is 0.242 e. The van der Waals surface area contributed by atoms with Gasteiger partial charge in [-0.25, -0.2) is 10.9 Å². The predicted molar refractivity (Wildman–Crippen MR) is 94.0 cm³/mol. The molecule has 0 saturated carbocycles. The first-order chi connectivity index (χ1) is 11.0. The van der Waals surface area contributed by atoms with Crippen molar-refractivity contribution in [2.75, 3.05) is 5.32 Å². The number of carbonyl (C=O) groups is 1. The molecular formula is C16H14Cl3N3O. The number of hydrogen-bond acceptors (Lipinski definition) is 3. The summed E-state index contributed by atoms with van der Waals surface area (Å²) in [6.07, 6.45) is 0.609. The highest BCUT2D eigenvalue weighted by Gasteiger charge is 2.30. The number of hydrogen-bond donors (Lipinski definition) is 3. The van der Waals surface area contributed by atoms with Crippen molar-refractivity contribution < 1.29 is 4.79 Å². The van der Waals surface area contributed by atoms with Crippen molar-refractivity contribution in [1.29, 1.82) is 0 Å². The SMILES string of the molecule is O=C(Nc1ccc(Cl)cc1Cl)C1CC(c2cccc(Cl)c2)NN1. The molecule has 3 rings (SSSR count). The molecule has 0 bridgehead atoms. The van der Waals surface area contributed by atoms with Gasteiger partial charge in [-0.2, -0.15) is 0 Å². The van der Waals surface area contributed by atoms with Gasteiger partial charge >= 0.3 is 0 Å². The van der Waals surface area contributed by atoms with Crippen molar-refractivity contribution in [3.63, 3.8) is 0 Å². The average Bonchev–Trinajstić information content (AvgIpc) is 3.00. The van der Waals surface area contributed by atoms with Crippen molar-refractivity contribution in [3.8, 4) is 0 Å². The second-order valence-electron chi connectivity index (χ2n) is 5.30. The molecule has 1 amide bonds. The molecule has 2 atom stereocenters. The van der Waals surface area contributed by atoms with Gasteiger partial charge in [0.15, 0.2) is 0 Å². The van der Waals surface area contributed by atoms with Gasteiger partial charge in [0.2, 0.25) is 5.91 Å². The molecule has 1 aliphatic rings. The summed E-state index contributed by atoms with van der Waals surface area (Å²) < 4.78 is 0. The molecule has 1 fully saturated rings. The van der Waals surface area contributed by atoms with E-state index in [1.807, 2.05) is 24.3 Å². The molecule has 0 spiro atoms. The standard InChI is InChI=1S/C16H14Cl3N3O/c17-10-3-1-2-9(6-10)14-8-15(22-21-14)16(23)20-13-5-4-11(18)7-12(13)19/h1-7,14-15,21-22H,8H2,(H,20,23). The summed E-state index contributed by atoms with van der Waals surface area (Å²) in [5.41, 5.74) is 7.69. The highest BCUT2D eigenvalue weighted by Crippen LogP contribution is 2.28. The zero-order valence-electron chi connectivity index (χ0n) is 11.9. The maximum Gasteiger partial charge on any atom is 0.242 e. The summed E-state index contributed by atoms with van der Waals surface area (Å²) in [6, 6.07) is 12.2. The van der Waals surface area contributed by atoms with Crippen molar-refractivity contribution in [2.24, 2.45) is 0 Å². The Bertz CT molecular complexity index is 738. The third-order valence-electron chi connectivity index (χ3n) is 3.66. The number of anilines is 1. The molecule has 1 saturated heterocycles. The first kappa shape index (κ1) is 16.6. The zero-order chi connectivity index (χ0) is 16.4. The molecule has 4 nitrogen and oxygen atoms in total. The molecule has 7 heteroatoms. The first-order valence-electron chi connectivity index (χ1n) is 7.05. The Balaban J connectivity index is 1.65. The number of rotatable bonds is 3. The number of amides is 1. The van der Waals surface area contributed by atoms with E-state index >= 15 is 0 Å². The Morgan fingerprint density at radius 1 is 1.04 bits per heavy atom.